The van der Waals surface area contributed by atoms with Crippen LogP contribution in [0.25, 0.3) is 0 Å². The first-order valence-corrected chi connectivity index (χ1v) is 12.4. The normalized spacial score (nSPS) is 22.2. The molecule has 3 amide bonds. The molecule has 5 rings (SSSR count). The first-order valence-electron chi connectivity index (χ1n) is 12.4. The molecule has 1 unspecified atom stereocenters. The summed E-state index contributed by atoms with van der Waals surface area (Å²) in [6, 6.07) is 5.00. The molecule has 2 fully saturated rings. The molecule has 1 aromatic carbocycles. The molecule has 4 heterocycles. The van der Waals surface area contributed by atoms with Crippen molar-refractivity contribution in [1.82, 2.24) is 20.2 Å². The Labute approximate surface area is 210 Å². The van der Waals surface area contributed by atoms with Gasteiger partial charge in [-0.1, -0.05) is 6.42 Å². The third-order valence-corrected chi connectivity index (χ3v) is 6.98. The lowest BCUT2D eigenvalue weighted by molar-refractivity contribution is -0.452. The number of hydrogen-bond acceptors (Lipinski definition) is 8. The molecule has 0 spiro atoms. The highest BCUT2D eigenvalue weighted by Crippen LogP contribution is 2.25. The van der Waals surface area contributed by atoms with Crippen molar-refractivity contribution in [1.29, 1.82) is 0 Å². The number of imide groups is 1. The van der Waals surface area contributed by atoms with Crippen molar-refractivity contribution in [2.75, 3.05) is 32.1 Å². The summed E-state index contributed by atoms with van der Waals surface area (Å²) in [5.74, 6) is 0.421. The average Bonchev–Trinajstić information content (AvgIpc) is 3.19. The number of aromatic nitrogens is 2. The van der Waals surface area contributed by atoms with Crippen LogP contribution in [-0.4, -0.2) is 82.7 Å². The molecule has 0 bridgehead atoms. The Hall–Kier alpha value is -3.66. The number of carbonyl (C=O) groups is 3. The first kappa shape index (κ1) is 24.1. The van der Waals surface area contributed by atoms with Crippen LogP contribution in [0.1, 0.15) is 53.6 Å². The minimum Gasteiger partial charge on any atom is -0.492 e. The van der Waals surface area contributed by atoms with Gasteiger partial charge in [0.15, 0.2) is 6.21 Å². The van der Waals surface area contributed by atoms with E-state index in [9.17, 15) is 14.4 Å². The molecule has 0 saturated carbocycles. The summed E-state index contributed by atoms with van der Waals surface area (Å²) in [4.78, 5) is 49.8. The molecule has 2 atom stereocenters. The molecule has 1 N–H and O–H groups in total. The van der Waals surface area contributed by atoms with Crippen LogP contribution in [0.5, 0.6) is 5.75 Å². The predicted octanol–water partition coefficient (Wildman–Crippen LogP) is 1.37. The summed E-state index contributed by atoms with van der Waals surface area (Å²) >= 11 is 0. The van der Waals surface area contributed by atoms with Crippen LogP contribution < -0.4 is 15.0 Å². The molecule has 3 aliphatic rings. The number of amides is 3. The zero-order valence-electron chi connectivity index (χ0n) is 20.6. The Kier molecular flexibility index (Phi) is 6.77. The first-order chi connectivity index (χ1) is 17.4. The molecule has 10 nitrogen and oxygen atoms in total. The lowest BCUT2D eigenvalue weighted by Crippen LogP contribution is -2.50. The zero-order valence-corrected chi connectivity index (χ0v) is 20.6. The van der Waals surface area contributed by atoms with Crippen molar-refractivity contribution in [2.45, 2.75) is 50.7 Å². The highest BCUT2D eigenvalue weighted by molar-refractivity contribution is 6.07. The van der Waals surface area contributed by atoms with Gasteiger partial charge in [-0.05, 0) is 37.6 Å². The van der Waals surface area contributed by atoms with Crippen LogP contribution >= 0.6 is 0 Å². The summed E-state index contributed by atoms with van der Waals surface area (Å²) in [5.41, 5.74) is 2.33. The van der Waals surface area contributed by atoms with E-state index in [0.717, 1.165) is 43.5 Å². The second-order valence-electron chi connectivity index (χ2n) is 9.77. The van der Waals surface area contributed by atoms with Gasteiger partial charge < -0.3 is 9.64 Å². The molecule has 0 aliphatic carbocycles. The number of piperidine rings is 2. The second kappa shape index (κ2) is 10.1. The summed E-state index contributed by atoms with van der Waals surface area (Å²) in [6.45, 7) is 2.31. The number of likely N-dealkylation sites (tertiary alicyclic amines) is 1. The fourth-order valence-electron chi connectivity index (χ4n) is 5.00. The summed E-state index contributed by atoms with van der Waals surface area (Å²) < 4.78 is 7.62. The summed E-state index contributed by atoms with van der Waals surface area (Å²) in [6.07, 6.45) is 9.37. The van der Waals surface area contributed by atoms with Gasteiger partial charge in [0.25, 0.3) is 5.91 Å². The molecule has 36 heavy (non-hydrogen) atoms. The van der Waals surface area contributed by atoms with Crippen molar-refractivity contribution in [2.24, 2.45) is 0 Å². The number of rotatable bonds is 7. The number of carbonyl (C=O) groups excluding carboxylic acids is 3. The highest BCUT2D eigenvalue weighted by atomic mass is 16.5. The van der Waals surface area contributed by atoms with Gasteiger partial charge in [-0.15, -0.1) is 0 Å². The lowest BCUT2D eigenvalue weighted by atomic mass is 10.0. The van der Waals surface area contributed by atoms with Crippen molar-refractivity contribution >= 4 is 29.9 Å². The Morgan fingerprint density at radius 1 is 1.14 bits per heavy atom. The lowest BCUT2D eigenvalue weighted by Gasteiger charge is -2.35. The van der Waals surface area contributed by atoms with E-state index in [2.05, 4.69) is 20.2 Å². The molecule has 0 radical (unpaired) electrons. The van der Waals surface area contributed by atoms with Crippen LogP contribution in [0.3, 0.4) is 0 Å². The van der Waals surface area contributed by atoms with Gasteiger partial charge in [0.1, 0.15) is 17.9 Å². The van der Waals surface area contributed by atoms with E-state index in [1.54, 1.807) is 18.3 Å². The van der Waals surface area contributed by atoms with E-state index >= 15 is 0 Å². The fourth-order valence-corrected chi connectivity index (χ4v) is 5.00. The third-order valence-electron chi connectivity index (χ3n) is 6.98. The van der Waals surface area contributed by atoms with Crippen LogP contribution in [0.4, 0.5) is 5.95 Å². The van der Waals surface area contributed by atoms with Gasteiger partial charge in [-0.25, -0.2) is 14.8 Å². The minimum absolute atomic E-state index is 0.225. The quantitative estimate of drug-likeness (QED) is 0.457. The van der Waals surface area contributed by atoms with Crippen LogP contribution in [0.2, 0.25) is 0 Å². The maximum atomic E-state index is 12.9. The van der Waals surface area contributed by atoms with Crippen molar-refractivity contribution in [3.8, 4) is 5.75 Å². The van der Waals surface area contributed by atoms with Gasteiger partial charge in [0.2, 0.25) is 17.9 Å². The van der Waals surface area contributed by atoms with Gasteiger partial charge in [-0.2, -0.15) is 4.58 Å². The molecule has 188 valence electrons. The SMILES string of the molecule is CN(C)c1ncc(CN2CCCC[C@@H]2COc2ccc3c(c2)C=[N+](C2CCC(=O)NC2=O)C3=O)cn1. The Morgan fingerprint density at radius 2 is 1.94 bits per heavy atom. The van der Waals surface area contributed by atoms with Gasteiger partial charge in [-0.3, -0.25) is 19.8 Å². The smallest absolute Gasteiger partial charge is 0.420 e. The Morgan fingerprint density at radius 3 is 2.69 bits per heavy atom. The van der Waals surface area contributed by atoms with Crippen LogP contribution in [0, 0.1) is 0 Å². The van der Waals surface area contributed by atoms with Gasteiger partial charge >= 0.3 is 5.91 Å². The van der Waals surface area contributed by atoms with E-state index in [1.165, 1.54) is 4.58 Å². The van der Waals surface area contributed by atoms with E-state index in [0.29, 0.717) is 30.3 Å². The molecule has 3 aliphatic heterocycles. The number of benzene rings is 1. The Balaban J connectivity index is 1.24. The van der Waals surface area contributed by atoms with E-state index in [-0.39, 0.29) is 24.3 Å². The summed E-state index contributed by atoms with van der Waals surface area (Å²) in [5, 5.41) is 2.32. The highest BCUT2D eigenvalue weighted by Gasteiger charge is 2.43. The van der Waals surface area contributed by atoms with Crippen molar-refractivity contribution < 1.29 is 23.7 Å². The zero-order chi connectivity index (χ0) is 25.2. The topological polar surface area (TPSA) is 108 Å². The molecular weight excluding hydrogens is 460 g/mol. The third kappa shape index (κ3) is 4.99. The minimum atomic E-state index is -0.668. The van der Waals surface area contributed by atoms with Gasteiger partial charge in [0.05, 0.1) is 5.56 Å². The monoisotopic (exact) mass is 491 g/mol. The van der Waals surface area contributed by atoms with Crippen molar-refractivity contribution in [3.63, 3.8) is 0 Å². The van der Waals surface area contributed by atoms with Crippen molar-refractivity contribution in [3.05, 3.63) is 47.3 Å². The number of anilines is 1. The number of nitrogens with zero attached hydrogens (tertiary/aromatic N) is 5. The number of fused-ring (bicyclic) bond motifs is 1. The predicted molar refractivity (Wildman–Crippen MR) is 132 cm³/mol. The maximum absolute atomic E-state index is 12.9. The van der Waals surface area contributed by atoms with E-state index < -0.39 is 11.9 Å². The number of hydrogen-bond donors (Lipinski definition) is 1. The second-order valence-corrected chi connectivity index (χ2v) is 9.77. The number of ether oxygens (including phenoxy) is 1. The van der Waals surface area contributed by atoms with E-state index in [4.69, 9.17) is 4.74 Å². The van der Waals surface area contributed by atoms with E-state index in [1.807, 2.05) is 37.5 Å². The standard InChI is InChI=1S/C26H30N6O4/c1-30(2)26-27-12-17(13-28-26)14-31-10-4-3-5-19(31)16-36-20-6-7-21-18(11-20)15-32(25(21)35)22-8-9-23(33)29-24(22)34/h6-7,11-13,15,19,22H,3-5,8-10,14,16H2,1-2H3/p+1/t19-,22?/m1/s1. The molecule has 2 saturated heterocycles. The largest absolute Gasteiger partial charge is 0.492 e. The fraction of sp³-hybridized carbons (Fsp3) is 0.462. The summed E-state index contributed by atoms with van der Waals surface area (Å²) in [7, 11) is 3.85. The maximum Gasteiger partial charge on any atom is 0.420 e. The Bertz CT molecular complexity index is 1210. The van der Waals surface area contributed by atoms with Crippen LogP contribution in [0.15, 0.2) is 30.6 Å². The number of nitrogens with one attached hydrogen (secondary N) is 1. The van der Waals surface area contributed by atoms with Crippen LogP contribution in [-0.2, 0) is 16.1 Å². The molecule has 1 aromatic heterocycles. The average molecular weight is 492 g/mol. The molecular formula is C26H31N6O4+. The molecule has 2 aromatic rings. The molecule has 10 heteroatoms. The van der Waals surface area contributed by atoms with Gasteiger partial charge in [0, 0.05) is 57.5 Å².